The van der Waals surface area contributed by atoms with Gasteiger partial charge in [0.25, 0.3) is 0 Å². The first kappa shape index (κ1) is 18.7. The summed E-state index contributed by atoms with van der Waals surface area (Å²) in [5.41, 5.74) is 11.0. The van der Waals surface area contributed by atoms with Crippen molar-refractivity contribution in [2.75, 3.05) is 25.9 Å². The van der Waals surface area contributed by atoms with Crippen LogP contribution in [0, 0.1) is 6.92 Å². The Morgan fingerprint density at radius 1 is 1.29 bits per heavy atom. The van der Waals surface area contributed by atoms with E-state index >= 15 is 0 Å². The Kier molecular flexibility index (Phi) is 5.19. The zero-order valence-corrected chi connectivity index (χ0v) is 16.4. The SMILES string of the molecule is COc1ccc(CN2CCCC(c3cc(N)n4nc(C)cc4n3)C2)cc1CO. The predicted molar refractivity (Wildman–Crippen MR) is 108 cm³/mol. The summed E-state index contributed by atoms with van der Waals surface area (Å²) in [7, 11) is 1.63. The summed E-state index contributed by atoms with van der Waals surface area (Å²) in [6.07, 6.45) is 2.23. The maximum absolute atomic E-state index is 9.56. The van der Waals surface area contributed by atoms with Crippen molar-refractivity contribution < 1.29 is 9.84 Å². The number of aromatic nitrogens is 3. The van der Waals surface area contributed by atoms with Gasteiger partial charge in [-0.2, -0.15) is 9.61 Å². The van der Waals surface area contributed by atoms with Crippen LogP contribution in [0.4, 0.5) is 5.82 Å². The third kappa shape index (κ3) is 3.68. The molecular formula is C21H27N5O2. The second-order valence-electron chi connectivity index (χ2n) is 7.54. The van der Waals surface area contributed by atoms with E-state index in [1.807, 2.05) is 31.2 Å². The highest BCUT2D eigenvalue weighted by Gasteiger charge is 2.24. The Morgan fingerprint density at radius 2 is 2.14 bits per heavy atom. The maximum atomic E-state index is 9.56. The molecule has 3 aromatic rings. The van der Waals surface area contributed by atoms with Gasteiger partial charge in [-0.3, -0.25) is 4.90 Å². The van der Waals surface area contributed by atoms with Crippen molar-refractivity contribution in [2.45, 2.75) is 38.8 Å². The standard InChI is InChI=1S/C21H27N5O2/c1-14-8-21-23-18(10-20(22)26(21)24-14)16-4-3-7-25(12-16)11-15-5-6-19(28-2)17(9-15)13-27/h5-6,8-10,16,27H,3-4,7,11-13,22H2,1-2H3. The van der Waals surface area contributed by atoms with Crippen LogP contribution in [0.15, 0.2) is 30.3 Å². The largest absolute Gasteiger partial charge is 0.496 e. The van der Waals surface area contributed by atoms with Gasteiger partial charge < -0.3 is 15.6 Å². The first-order valence-corrected chi connectivity index (χ1v) is 9.69. The molecule has 0 aliphatic carbocycles. The number of rotatable bonds is 5. The number of piperidine rings is 1. The molecule has 4 rings (SSSR count). The number of nitrogen functional groups attached to an aromatic ring is 1. The highest BCUT2D eigenvalue weighted by atomic mass is 16.5. The normalized spacial score (nSPS) is 17.9. The van der Waals surface area contributed by atoms with Gasteiger partial charge in [0.05, 0.1) is 25.1 Å². The van der Waals surface area contributed by atoms with Crippen LogP contribution in [-0.2, 0) is 13.2 Å². The van der Waals surface area contributed by atoms with Crippen LogP contribution >= 0.6 is 0 Å². The number of aryl methyl sites for hydroxylation is 1. The Balaban J connectivity index is 1.52. The molecule has 1 aliphatic rings. The van der Waals surface area contributed by atoms with Crippen LogP contribution in [0.3, 0.4) is 0 Å². The van der Waals surface area contributed by atoms with Crippen molar-refractivity contribution in [3.05, 3.63) is 52.8 Å². The van der Waals surface area contributed by atoms with Crippen LogP contribution < -0.4 is 10.5 Å². The number of benzene rings is 1. The number of fused-ring (bicyclic) bond motifs is 1. The number of aliphatic hydroxyl groups is 1. The summed E-state index contributed by atoms with van der Waals surface area (Å²) in [5.74, 6) is 1.71. The van der Waals surface area contributed by atoms with Crippen molar-refractivity contribution in [1.29, 1.82) is 0 Å². The Labute approximate surface area is 164 Å². The lowest BCUT2D eigenvalue weighted by Gasteiger charge is -2.32. The Morgan fingerprint density at radius 3 is 2.93 bits per heavy atom. The zero-order chi connectivity index (χ0) is 19.7. The van der Waals surface area contributed by atoms with Crippen LogP contribution in [0.2, 0.25) is 0 Å². The topological polar surface area (TPSA) is 88.9 Å². The van der Waals surface area contributed by atoms with Gasteiger partial charge in [0.15, 0.2) is 5.65 Å². The van der Waals surface area contributed by atoms with E-state index in [-0.39, 0.29) is 6.61 Å². The molecule has 7 nitrogen and oxygen atoms in total. The average molecular weight is 381 g/mol. The third-order valence-corrected chi connectivity index (χ3v) is 5.44. The third-order valence-electron chi connectivity index (χ3n) is 5.44. The lowest BCUT2D eigenvalue weighted by atomic mass is 9.94. The molecule has 1 aromatic carbocycles. The molecule has 3 N–H and O–H groups in total. The summed E-state index contributed by atoms with van der Waals surface area (Å²) in [4.78, 5) is 7.26. The highest BCUT2D eigenvalue weighted by Crippen LogP contribution is 2.29. The minimum Gasteiger partial charge on any atom is -0.496 e. The minimum absolute atomic E-state index is 0.0202. The Hall–Kier alpha value is -2.64. The van der Waals surface area contributed by atoms with Gasteiger partial charge in [-0.15, -0.1) is 0 Å². The summed E-state index contributed by atoms with van der Waals surface area (Å²) >= 11 is 0. The van der Waals surface area contributed by atoms with Crippen molar-refractivity contribution in [1.82, 2.24) is 19.5 Å². The summed E-state index contributed by atoms with van der Waals surface area (Å²) < 4.78 is 7.00. The van der Waals surface area contributed by atoms with Gasteiger partial charge in [0, 0.05) is 36.7 Å². The van der Waals surface area contributed by atoms with E-state index in [1.54, 1.807) is 11.6 Å². The van der Waals surface area contributed by atoms with Crippen molar-refractivity contribution in [2.24, 2.45) is 0 Å². The number of anilines is 1. The molecule has 1 aliphatic heterocycles. The molecule has 0 saturated carbocycles. The first-order valence-electron chi connectivity index (χ1n) is 9.69. The number of hydrogen-bond donors (Lipinski definition) is 2. The van der Waals surface area contributed by atoms with E-state index in [0.29, 0.717) is 11.7 Å². The molecular weight excluding hydrogens is 354 g/mol. The molecule has 1 unspecified atom stereocenters. The first-order chi connectivity index (χ1) is 13.6. The van der Waals surface area contributed by atoms with Gasteiger partial charge in [-0.25, -0.2) is 4.98 Å². The number of ether oxygens (including phenoxy) is 1. The van der Waals surface area contributed by atoms with Gasteiger partial charge in [0.2, 0.25) is 0 Å². The molecule has 148 valence electrons. The van der Waals surface area contributed by atoms with E-state index < -0.39 is 0 Å². The average Bonchev–Trinajstić information content (AvgIpc) is 3.09. The lowest BCUT2D eigenvalue weighted by molar-refractivity contribution is 0.198. The van der Waals surface area contributed by atoms with Crippen molar-refractivity contribution >= 4 is 11.5 Å². The monoisotopic (exact) mass is 381 g/mol. The zero-order valence-electron chi connectivity index (χ0n) is 16.4. The molecule has 0 spiro atoms. The number of likely N-dealkylation sites (tertiary alicyclic amines) is 1. The molecule has 2 aromatic heterocycles. The van der Waals surface area contributed by atoms with Crippen LogP contribution in [0.25, 0.3) is 5.65 Å². The van der Waals surface area contributed by atoms with Crippen LogP contribution in [0.5, 0.6) is 5.75 Å². The van der Waals surface area contributed by atoms with Crippen molar-refractivity contribution in [3.8, 4) is 5.75 Å². The minimum atomic E-state index is -0.0202. The Bertz CT molecular complexity index is 984. The second kappa shape index (κ2) is 7.77. The van der Waals surface area contributed by atoms with E-state index in [0.717, 1.165) is 60.8 Å². The molecule has 28 heavy (non-hydrogen) atoms. The van der Waals surface area contributed by atoms with E-state index in [1.165, 1.54) is 5.56 Å². The number of nitrogens with zero attached hydrogens (tertiary/aromatic N) is 4. The number of methoxy groups -OCH3 is 1. The second-order valence-corrected chi connectivity index (χ2v) is 7.54. The molecule has 1 fully saturated rings. The van der Waals surface area contributed by atoms with E-state index in [9.17, 15) is 5.11 Å². The predicted octanol–water partition coefficient (Wildman–Crippen LogP) is 2.50. The molecule has 3 heterocycles. The smallest absolute Gasteiger partial charge is 0.157 e. The number of hydrogen-bond acceptors (Lipinski definition) is 6. The van der Waals surface area contributed by atoms with Crippen LogP contribution in [0.1, 0.15) is 41.3 Å². The van der Waals surface area contributed by atoms with Crippen molar-refractivity contribution in [3.63, 3.8) is 0 Å². The fourth-order valence-corrected chi connectivity index (χ4v) is 4.09. The fraction of sp³-hybridized carbons (Fsp3) is 0.429. The highest BCUT2D eigenvalue weighted by molar-refractivity contribution is 5.48. The number of nitrogens with two attached hydrogens (primary N) is 1. The van der Waals surface area contributed by atoms with Gasteiger partial charge >= 0.3 is 0 Å². The van der Waals surface area contributed by atoms with Gasteiger partial charge in [-0.05, 0) is 44.0 Å². The molecule has 0 amide bonds. The molecule has 1 atom stereocenters. The van der Waals surface area contributed by atoms with E-state index in [2.05, 4.69) is 16.1 Å². The lowest BCUT2D eigenvalue weighted by Crippen LogP contribution is -2.34. The van der Waals surface area contributed by atoms with Gasteiger partial charge in [-0.1, -0.05) is 6.07 Å². The summed E-state index contributed by atoms with van der Waals surface area (Å²) in [6, 6.07) is 9.96. The fourth-order valence-electron chi connectivity index (χ4n) is 4.09. The molecule has 0 radical (unpaired) electrons. The van der Waals surface area contributed by atoms with Gasteiger partial charge in [0.1, 0.15) is 11.6 Å². The summed E-state index contributed by atoms with van der Waals surface area (Å²) in [6.45, 7) is 4.77. The molecule has 7 heteroatoms. The van der Waals surface area contributed by atoms with Crippen LogP contribution in [-0.4, -0.2) is 44.8 Å². The summed E-state index contributed by atoms with van der Waals surface area (Å²) in [5, 5.41) is 14.0. The quantitative estimate of drug-likeness (QED) is 0.706. The van der Waals surface area contributed by atoms with E-state index in [4.69, 9.17) is 15.5 Å². The molecule has 0 bridgehead atoms. The maximum Gasteiger partial charge on any atom is 0.157 e. The molecule has 1 saturated heterocycles. The number of aliphatic hydroxyl groups excluding tert-OH is 1.